The Morgan fingerprint density at radius 1 is 1.38 bits per heavy atom. The molecule has 76 valence electrons. The molecule has 2 nitrogen and oxygen atoms in total. The van der Waals surface area contributed by atoms with E-state index in [1.807, 2.05) is 22.6 Å². The second-order valence-corrected chi connectivity index (χ2v) is 4.45. The van der Waals surface area contributed by atoms with E-state index in [0.717, 1.165) is 0 Å². The summed E-state index contributed by atoms with van der Waals surface area (Å²) in [5.41, 5.74) is 0.164. The van der Waals surface area contributed by atoms with Crippen molar-refractivity contribution in [2.24, 2.45) is 5.92 Å². The molecule has 0 radical (unpaired) electrons. The Morgan fingerprint density at radius 3 is 2.38 bits per heavy atom. The molecule has 0 aliphatic heterocycles. The van der Waals surface area contributed by atoms with Crippen LogP contribution in [0.5, 0.6) is 0 Å². The summed E-state index contributed by atoms with van der Waals surface area (Å²) in [7, 11) is 0. The van der Waals surface area contributed by atoms with Gasteiger partial charge in [-0.2, -0.15) is 0 Å². The molecule has 0 saturated carbocycles. The standard InChI is InChI=1S/C8H11F2IO2/c9-7(10)5-2-1-4(8(12)13)3-6(5)11/h4,7-8,12-13H,1-3H2. The quantitative estimate of drug-likeness (QED) is 0.605. The second kappa shape index (κ2) is 4.65. The maximum Gasteiger partial charge on any atom is 0.260 e. The highest BCUT2D eigenvalue weighted by atomic mass is 127. The van der Waals surface area contributed by atoms with Crippen molar-refractivity contribution in [3.05, 3.63) is 9.15 Å². The fraction of sp³-hybridized carbons (Fsp3) is 0.750. The summed E-state index contributed by atoms with van der Waals surface area (Å²) in [5.74, 6) is -0.283. The van der Waals surface area contributed by atoms with Gasteiger partial charge < -0.3 is 10.2 Å². The molecule has 13 heavy (non-hydrogen) atoms. The van der Waals surface area contributed by atoms with Crippen molar-refractivity contribution in [3.8, 4) is 0 Å². The molecule has 1 rings (SSSR count). The van der Waals surface area contributed by atoms with Gasteiger partial charge in [0, 0.05) is 11.5 Å². The van der Waals surface area contributed by atoms with Crippen molar-refractivity contribution in [2.75, 3.05) is 0 Å². The molecule has 0 heterocycles. The van der Waals surface area contributed by atoms with Gasteiger partial charge in [-0.15, -0.1) is 0 Å². The van der Waals surface area contributed by atoms with E-state index in [4.69, 9.17) is 10.2 Å². The van der Waals surface area contributed by atoms with E-state index >= 15 is 0 Å². The van der Waals surface area contributed by atoms with Gasteiger partial charge in [0.2, 0.25) is 0 Å². The number of aliphatic hydroxyl groups excluding tert-OH is 1. The first-order valence-electron chi connectivity index (χ1n) is 4.04. The van der Waals surface area contributed by atoms with Gasteiger partial charge in [-0.05, 0) is 45.4 Å². The van der Waals surface area contributed by atoms with Gasteiger partial charge in [-0.3, -0.25) is 0 Å². The van der Waals surface area contributed by atoms with E-state index in [1.54, 1.807) is 0 Å². The maximum absolute atomic E-state index is 12.3. The Labute approximate surface area is 88.8 Å². The van der Waals surface area contributed by atoms with E-state index in [9.17, 15) is 8.78 Å². The Hall–Kier alpha value is 0.250. The summed E-state index contributed by atoms with van der Waals surface area (Å²) in [6, 6.07) is 0. The molecule has 1 aliphatic rings. The summed E-state index contributed by atoms with van der Waals surface area (Å²) < 4.78 is 25.2. The molecule has 0 saturated heterocycles. The molecule has 0 aromatic carbocycles. The van der Waals surface area contributed by atoms with Crippen LogP contribution in [0.25, 0.3) is 0 Å². The maximum atomic E-state index is 12.3. The fourth-order valence-corrected chi connectivity index (χ4v) is 2.49. The van der Waals surface area contributed by atoms with E-state index < -0.39 is 12.7 Å². The van der Waals surface area contributed by atoms with Gasteiger partial charge >= 0.3 is 0 Å². The first-order chi connectivity index (χ1) is 6.02. The Balaban J connectivity index is 2.67. The monoisotopic (exact) mass is 304 g/mol. The minimum atomic E-state index is -2.40. The van der Waals surface area contributed by atoms with Crippen molar-refractivity contribution in [1.82, 2.24) is 0 Å². The van der Waals surface area contributed by atoms with E-state index in [2.05, 4.69) is 0 Å². The highest BCUT2D eigenvalue weighted by Gasteiger charge is 2.27. The summed E-state index contributed by atoms with van der Waals surface area (Å²) in [6.07, 6.45) is -2.72. The molecule has 0 spiro atoms. The smallest absolute Gasteiger partial charge is 0.260 e. The van der Waals surface area contributed by atoms with Gasteiger partial charge in [-0.25, -0.2) is 8.78 Å². The van der Waals surface area contributed by atoms with Gasteiger partial charge in [-0.1, -0.05) is 0 Å². The average molecular weight is 304 g/mol. The van der Waals surface area contributed by atoms with Crippen LogP contribution in [0.3, 0.4) is 0 Å². The van der Waals surface area contributed by atoms with Crippen LogP contribution in [-0.4, -0.2) is 22.9 Å². The molecule has 1 aliphatic carbocycles. The third kappa shape index (κ3) is 2.85. The minimum absolute atomic E-state index is 0.164. The molecule has 0 bridgehead atoms. The Kier molecular flexibility index (Phi) is 4.06. The lowest BCUT2D eigenvalue weighted by atomic mass is 9.89. The normalized spacial score (nSPS) is 24.7. The van der Waals surface area contributed by atoms with Crippen LogP contribution < -0.4 is 0 Å². The van der Waals surface area contributed by atoms with Gasteiger partial charge in [0.1, 0.15) is 0 Å². The van der Waals surface area contributed by atoms with Crippen LogP contribution in [0.2, 0.25) is 0 Å². The number of aliphatic hydroxyl groups is 2. The van der Waals surface area contributed by atoms with Gasteiger partial charge in [0.25, 0.3) is 6.43 Å². The van der Waals surface area contributed by atoms with E-state index in [-0.39, 0.29) is 17.9 Å². The number of halogens is 3. The van der Waals surface area contributed by atoms with Crippen LogP contribution in [-0.2, 0) is 0 Å². The first-order valence-corrected chi connectivity index (χ1v) is 5.12. The van der Waals surface area contributed by atoms with Crippen molar-refractivity contribution in [3.63, 3.8) is 0 Å². The van der Waals surface area contributed by atoms with Crippen LogP contribution in [0.15, 0.2) is 9.15 Å². The zero-order valence-corrected chi connectivity index (χ0v) is 9.04. The van der Waals surface area contributed by atoms with Crippen LogP contribution in [0, 0.1) is 5.92 Å². The van der Waals surface area contributed by atoms with Crippen molar-refractivity contribution < 1.29 is 19.0 Å². The third-order valence-corrected chi connectivity index (χ3v) is 3.39. The highest BCUT2D eigenvalue weighted by molar-refractivity contribution is 14.1. The molecule has 2 N–H and O–H groups in total. The zero-order valence-electron chi connectivity index (χ0n) is 6.88. The second-order valence-electron chi connectivity index (χ2n) is 3.15. The lowest BCUT2D eigenvalue weighted by molar-refractivity contribution is -0.0866. The predicted octanol–water partition coefficient (Wildman–Crippen LogP) is 2.05. The van der Waals surface area contributed by atoms with E-state index in [0.29, 0.717) is 16.4 Å². The minimum Gasteiger partial charge on any atom is -0.368 e. The number of hydrogen-bond donors (Lipinski definition) is 2. The Morgan fingerprint density at radius 2 is 2.00 bits per heavy atom. The summed E-state index contributed by atoms with van der Waals surface area (Å²) in [6.45, 7) is 0. The molecule has 0 aromatic rings. The van der Waals surface area contributed by atoms with Crippen LogP contribution in [0.1, 0.15) is 19.3 Å². The number of hydrogen-bond acceptors (Lipinski definition) is 2. The fourth-order valence-electron chi connectivity index (χ4n) is 1.42. The molecule has 0 fully saturated rings. The molecule has 0 aromatic heterocycles. The lowest BCUT2D eigenvalue weighted by Crippen LogP contribution is -2.23. The van der Waals surface area contributed by atoms with Crippen LogP contribution in [0.4, 0.5) is 8.78 Å². The number of alkyl halides is 2. The summed E-state index contributed by atoms with van der Waals surface area (Å²) >= 11 is 1.86. The van der Waals surface area contributed by atoms with Gasteiger partial charge in [0.15, 0.2) is 6.29 Å². The molecule has 1 unspecified atom stereocenters. The zero-order chi connectivity index (χ0) is 10.0. The first kappa shape index (κ1) is 11.3. The molecular formula is C8H11F2IO2. The van der Waals surface area contributed by atoms with Crippen LogP contribution >= 0.6 is 22.6 Å². The molecule has 1 atom stereocenters. The van der Waals surface area contributed by atoms with Crippen molar-refractivity contribution >= 4 is 22.6 Å². The largest absolute Gasteiger partial charge is 0.368 e. The van der Waals surface area contributed by atoms with Crippen molar-refractivity contribution in [1.29, 1.82) is 0 Å². The lowest BCUT2D eigenvalue weighted by Gasteiger charge is -2.25. The molecule has 0 amide bonds. The number of rotatable bonds is 2. The third-order valence-electron chi connectivity index (χ3n) is 2.26. The predicted molar refractivity (Wildman–Crippen MR) is 52.6 cm³/mol. The summed E-state index contributed by atoms with van der Waals surface area (Å²) in [4.78, 5) is 0. The summed E-state index contributed by atoms with van der Waals surface area (Å²) in [5, 5.41) is 17.7. The molecular weight excluding hydrogens is 293 g/mol. The SMILES string of the molecule is OC(O)C1CCC(C(F)F)=C(I)C1. The number of allylic oxidation sites excluding steroid dienone is 2. The van der Waals surface area contributed by atoms with E-state index in [1.165, 1.54) is 0 Å². The highest BCUT2D eigenvalue weighted by Crippen LogP contribution is 2.37. The average Bonchev–Trinajstić information content (AvgIpc) is 2.03. The topological polar surface area (TPSA) is 40.5 Å². The Bertz CT molecular complexity index is 216. The van der Waals surface area contributed by atoms with Gasteiger partial charge in [0.05, 0.1) is 0 Å². The van der Waals surface area contributed by atoms with Crippen molar-refractivity contribution in [2.45, 2.75) is 32.0 Å². The molecule has 5 heteroatoms.